The van der Waals surface area contributed by atoms with E-state index >= 15 is 0 Å². The van der Waals surface area contributed by atoms with Gasteiger partial charge < -0.3 is 10.0 Å². The predicted octanol–water partition coefficient (Wildman–Crippen LogP) is 4.09. The highest BCUT2D eigenvalue weighted by Gasteiger charge is 2.37. The number of aliphatic hydroxyl groups excluding tert-OH is 1. The minimum absolute atomic E-state index is 0.104. The molecule has 0 unspecified atom stereocenters. The van der Waals surface area contributed by atoms with Crippen LogP contribution in [0.3, 0.4) is 0 Å². The molecule has 1 aliphatic rings. The molecule has 26 heavy (non-hydrogen) atoms. The third-order valence-electron chi connectivity index (χ3n) is 5.83. The molecule has 1 aliphatic heterocycles. The standard InChI is InChI=1S/C21H33ClN2O2/c1-5-15(3)23(16(4)6-2)14-20(25)19-11-12-21(26)24(19)13-17-9-7-8-10-18(17)22/h7-10,15-16,19-20,25H,5-6,11-14H2,1-4H3/t15-,16-,19+,20+/m1/s1. The minimum Gasteiger partial charge on any atom is -0.390 e. The number of aliphatic hydroxyl groups is 1. The van der Waals surface area contributed by atoms with Gasteiger partial charge in [0, 0.05) is 36.6 Å². The maximum atomic E-state index is 12.4. The van der Waals surface area contributed by atoms with E-state index in [1.165, 1.54) is 0 Å². The van der Waals surface area contributed by atoms with Crippen molar-refractivity contribution in [3.63, 3.8) is 0 Å². The zero-order valence-corrected chi connectivity index (χ0v) is 17.2. The third-order valence-corrected chi connectivity index (χ3v) is 6.20. The molecular weight excluding hydrogens is 348 g/mol. The molecule has 0 saturated carbocycles. The van der Waals surface area contributed by atoms with Gasteiger partial charge in [0.05, 0.1) is 12.1 Å². The molecule has 1 saturated heterocycles. The molecule has 0 spiro atoms. The highest BCUT2D eigenvalue weighted by atomic mass is 35.5. The van der Waals surface area contributed by atoms with Crippen molar-refractivity contribution in [3.05, 3.63) is 34.9 Å². The zero-order valence-electron chi connectivity index (χ0n) is 16.5. The fourth-order valence-electron chi connectivity index (χ4n) is 3.77. The van der Waals surface area contributed by atoms with Gasteiger partial charge in [0.2, 0.25) is 5.91 Å². The van der Waals surface area contributed by atoms with Gasteiger partial charge in [0.25, 0.3) is 0 Å². The molecule has 4 atom stereocenters. The number of benzene rings is 1. The second-order valence-corrected chi connectivity index (χ2v) is 7.90. The Morgan fingerprint density at radius 1 is 1.23 bits per heavy atom. The lowest BCUT2D eigenvalue weighted by atomic mass is 10.0. The van der Waals surface area contributed by atoms with Crippen LogP contribution in [0.1, 0.15) is 58.9 Å². The van der Waals surface area contributed by atoms with E-state index in [4.69, 9.17) is 11.6 Å². The third kappa shape index (κ3) is 4.99. The normalized spacial score (nSPS) is 21.3. The number of hydrogen-bond acceptors (Lipinski definition) is 3. The summed E-state index contributed by atoms with van der Waals surface area (Å²) in [6.07, 6.45) is 2.75. The second kappa shape index (κ2) is 9.72. The van der Waals surface area contributed by atoms with E-state index in [-0.39, 0.29) is 11.9 Å². The van der Waals surface area contributed by atoms with Crippen molar-refractivity contribution in [2.24, 2.45) is 0 Å². The van der Waals surface area contributed by atoms with E-state index in [1.807, 2.05) is 29.2 Å². The first kappa shape index (κ1) is 21.2. The molecule has 0 aromatic heterocycles. The van der Waals surface area contributed by atoms with Crippen molar-refractivity contribution >= 4 is 17.5 Å². The maximum absolute atomic E-state index is 12.4. The van der Waals surface area contributed by atoms with E-state index in [2.05, 4.69) is 32.6 Å². The summed E-state index contributed by atoms with van der Waals surface area (Å²) in [7, 11) is 0. The number of halogens is 1. The van der Waals surface area contributed by atoms with Gasteiger partial charge in [-0.15, -0.1) is 0 Å². The number of hydrogen-bond donors (Lipinski definition) is 1. The monoisotopic (exact) mass is 380 g/mol. The Balaban J connectivity index is 2.11. The van der Waals surface area contributed by atoms with E-state index in [0.717, 1.165) is 18.4 Å². The van der Waals surface area contributed by atoms with Crippen LogP contribution < -0.4 is 0 Å². The lowest BCUT2D eigenvalue weighted by Crippen LogP contribution is -2.50. The number of nitrogens with zero attached hydrogens (tertiary/aromatic N) is 2. The van der Waals surface area contributed by atoms with Crippen molar-refractivity contribution in [1.29, 1.82) is 0 Å². The van der Waals surface area contributed by atoms with Crippen LogP contribution in [0.15, 0.2) is 24.3 Å². The second-order valence-electron chi connectivity index (χ2n) is 7.50. The summed E-state index contributed by atoms with van der Waals surface area (Å²) in [5.41, 5.74) is 0.933. The summed E-state index contributed by atoms with van der Waals surface area (Å²) in [5, 5.41) is 11.6. The summed E-state index contributed by atoms with van der Waals surface area (Å²) in [5.74, 6) is 0.104. The highest BCUT2D eigenvalue weighted by Crippen LogP contribution is 2.27. The molecule has 1 N–H and O–H groups in total. The fraction of sp³-hybridized carbons (Fsp3) is 0.667. The Bertz CT molecular complexity index is 585. The first-order valence-electron chi connectivity index (χ1n) is 9.85. The number of carbonyl (C=O) groups excluding carboxylic acids is 1. The molecule has 4 nitrogen and oxygen atoms in total. The molecule has 1 heterocycles. The number of rotatable bonds is 9. The van der Waals surface area contributed by atoms with Crippen LogP contribution in [0, 0.1) is 0 Å². The molecule has 1 fully saturated rings. The van der Waals surface area contributed by atoms with E-state index in [9.17, 15) is 9.90 Å². The summed E-state index contributed by atoms with van der Waals surface area (Å²) >= 11 is 6.27. The van der Waals surface area contributed by atoms with E-state index in [0.29, 0.717) is 43.0 Å². The van der Waals surface area contributed by atoms with Crippen LogP contribution in [-0.2, 0) is 11.3 Å². The van der Waals surface area contributed by atoms with Gasteiger partial charge >= 0.3 is 0 Å². The molecule has 0 radical (unpaired) electrons. The number of likely N-dealkylation sites (tertiary alicyclic amines) is 1. The Morgan fingerprint density at radius 3 is 2.42 bits per heavy atom. The largest absolute Gasteiger partial charge is 0.390 e. The predicted molar refractivity (Wildman–Crippen MR) is 107 cm³/mol. The average Bonchev–Trinajstić information content (AvgIpc) is 3.00. The molecule has 1 aromatic rings. The molecule has 146 valence electrons. The van der Waals surface area contributed by atoms with Gasteiger partial charge in [-0.1, -0.05) is 43.6 Å². The molecule has 0 aliphatic carbocycles. The van der Waals surface area contributed by atoms with Crippen LogP contribution >= 0.6 is 11.6 Å². The maximum Gasteiger partial charge on any atom is 0.223 e. The molecule has 0 bridgehead atoms. The van der Waals surface area contributed by atoms with Crippen molar-refractivity contribution in [3.8, 4) is 0 Å². The van der Waals surface area contributed by atoms with Crippen LogP contribution in [0.4, 0.5) is 0 Å². The van der Waals surface area contributed by atoms with Crippen molar-refractivity contribution in [2.45, 2.75) is 84.2 Å². The minimum atomic E-state index is -0.549. The van der Waals surface area contributed by atoms with Crippen LogP contribution in [-0.4, -0.2) is 51.6 Å². The SMILES string of the molecule is CC[C@@H](C)N(C[C@H](O)[C@@H]1CCC(=O)N1Cc1ccccc1Cl)[C@H](C)CC. The summed E-state index contributed by atoms with van der Waals surface area (Å²) in [6.45, 7) is 9.83. The van der Waals surface area contributed by atoms with Gasteiger partial charge in [0.1, 0.15) is 0 Å². The highest BCUT2D eigenvalue weighted by molar-refractivity contribution is 6.31. The Labute approximate surface area is 163 Å². The summed E-state index contributed by atoms with van der Waals surface area (Å²) in [4.78, 5) is 16.6. The van der Waals surface area contributed by atoms with Gasteiger partial charge in [-0.05, 0) is 44.7 Å². The van der Waals surface area contributed by atoms with Crippen LogP contribution in [0.2, 0.25) is 5.02 Å². The van der Waals surface area contributed by atoms with Crippen LogP contribution in [0.25, 0.3) is 0 Å². The lowest BCUT2D eigenvalue weighted by molar-refractivity contribution is -0.131. The lowest BCUT2D eigenvalue weighted by Gasteiger charge is -2.38. The van der Waals surface area contributed by atoms with Gasteiger partial charge in [-0.2, -0.15) is 0 Å². The number of amides is 1. The summed E-state index contributed by atoms with van der Waals surface area (Å²) < 4.78 is 0. The average molecular weight is 381 g/mol. The van der Waals surface area contributed by atoms with Crippen LogP contribution in [0.5, 0.6) is 0 Å². The first-order valence-corrected chi connectivity index (χ1v) is 10.2. The zero-order chi connectivity index (χ0) is 19.3. The topological polar surface area (TPSA) is 43.8 Å². The Hall–Kier alpha value is -1.10. The first-order chi connectivity index (χ1) is 12.4. The number of carbonyl (C=O) groups is 1. The van der Waals surface area contributed by atoms with Gasteiger partial charge in [-0.3, -0.25) is 9.69 Å². The summed E-state index contributed by atoms with van der Waals surface area (Å²) in [6, 6.07) is 8.29. The Kier molecular flexibility index (Phi) is 7.93. The van der Waals surface area contributed by atoms with Crippen molar-refractivity contribution in [1.82, 2.24) is 9.80 Å². The quantitative estimate of drug-likeness (QED) is 0.701. The molecular formula is C21H33ClN2O2. The fourth-order valence-corrected chi connectivity index (χ4v) is 3.97. The van der Waals surface area contributed by atoms with Gasteiger partial charge in [-0.25, -0.2) is 0 Å². The molecule has 1 aromatic carbocycles. The van der Waals surface area contributed by atoms with Crippen molar-refractivity contribution < 1.29 is 9.90 Å². The molecule has 1 amide bonds. The smallest absolute Gasteiger partial charge is 0.223 e. The van der Waals surface area contributed by atoms with E-state index in [1.54, 1.807) is 0 Å². The molecule has 5 heteroatoms. The van der Waals surface area contributed by atoms with E-state index < -0.39 is 6.10 Å². The van der Waals surface area contributed by atoms with Crippen molar-refractivity contribution in [2.75, 3.05) is 6.54 Å². The Morgan fingerprint density at radius 2 is 1.85 bits per heavy atom. The molecule has 2 rings (SSSR count). The van der Waals surface area contributed by atoms with Gasteiger partial charge in [0.15, 0.2) is 0 Å².